The van der Waals surface area contributed by atoms with Gasteiger partial charge >= 0.3 is 29.9 Å². The van der Waals surface area contributed by atoms with E-state index in [1.165, 1.54) is 0 Å². The van der Waals surface area contributed by atoms with Gasteiger partial charge in [-0.1, -0.05) is 18.2 Å². The van der Waals surface area contributed by atoms with Crippen molar-refractivity contribution < 1.29 is 73.1 Å². The number of carboxylic acids is 4. The highest BCUT2D eigenvalue weighted by Gasteiger charge is 2.26. The standard InChI is InChI=1S/C40H57N9O15/c50-26-63-25-49-19-17-46(13-14-47(23-36(55)56)15-16-48(18-20-49)24-37(57)58)22-33(52)43-32(21-28-10-12-41-30-6-2-1-5-29(28)30)38(59)42-11-4-3-7-34(64-27-51)45-40(62)44-31(39(60)61)8-9-35(53)54/h1-2,5-6,10,12,26-27,31-32,34H,3-4,7-9,11,13-25H2,(H,42,59)(H,43,52)(H,53,54)(H,55,56)(H,57,58)(H,60,61)(H2,44,45,62)/t31-,32-,34+/m0/s1. The van der Waals surface area contributed by atoms with Crippen molar-refractivity contribution in [1.82, 2.24) is 45.9 Å². The molecular formula is C40H57N9O15. The lowest BCUT2D eigenvalue weighted by Gasteiger charge is -2.33. The molecule has 4 amide bonds. The fraction of sp³-hybridized carbons (Fsp3) is 0.550. The summed E-state index contributed by atoms with van der Waals surface area (Å²) in [6.45, 7) is 1.69. The van der Waals surface area contributed by atoms with Crippen LogP contribution < -0.4 is 21.3 Å². The predicted molar refractivity (Wildman–Crippen MR) is 223 cm³/mol. The molecule has 352 valence electrons. The molecule has 3 atom stereocenters. The number of hydrogen-bond donors (Lipinski definition) is 8. The highest BCUT2D eigenvalue weighted by atomic mass is 16.5. The van der Waals surface area contributed by atoms with E-state index in [-0.39, 0.29) is 97.9 Å². The monoisotopic (exact) mass is 903 g/mol. The normalized spacial score (nSPS) is 16.1. The zero-order valence-electron chi connectivity index (χ0n) is 35.3. The lowest BCUT2D eigenvalue weighted by Crippen LogP contribution is -2.52. The number of unbranched alkanes of at least 4 members (excludes halogenated alkanes) is 1. The zero-order chi connectivity index (χ0) is 46.9. The second-order valence-corrected chi connectivity index (χ2v) is 14.9. The van der Waals surface area contributed by atoms with Gasteiger partial charge in [0.15, 0.2) is 6.23 Å². The number of hydrogen-bond acceptors (Lipinski definition) is 16. The van der Waals surface area contributed by atoms with E-state index >= 15 is 0 Å². The smallest absolute Gasteiger partial charge is 0.326 e. The molecule has 0 bridgehead atoms. The molecule has 0 saturated carbocycles. The minimum absolute atomic E-state index is 0.0665. The van der Waals surface area contributed by atoms with Gasteiger partial charge in [-0.15, -0.1) is 0 Å². The maximum atomic E-state index is 13.8. The zero-order valence-corrected chi connectivity index (χ0v) is 35.3. The molecule has 1 aromatic heterocycles. The number of aliphatic carboxylic acids is 4. The Labute approximate surface area is 368 Å². The van der Waals surface area contributed by atoms with Crippen LogP contribution in [-0.2, 0) is 54.3 Å². The quantitative estimate of drug-likeness (QED) is 0.0293. The van der Waals surface area contributed by atoms with Gasteiger partial charge in [0.25, 0.3) is 12.9 Å². The molecule has 24 nitrogen and oxygen atoms in total. The van der Waals surface area contributed by atoms with Crippen LogP contribution in [0.3, 0.4) is 0 Å². The molecule has 0 spiro atoms. The van der Waals surface area contributed by atoms with Crippen LogP contribution in [0.5, 0.6) is 0 Å². The second-order valence-electron chi connectivity index (χ2n) is 14.9. The van der Waals surface area contributed by atoms with Gasteiger partial charge in [-0.2, -0.15) is 0 Å². The average molecular weight is 904 g/mol. The number of amides is 4. The van der Waals surface area contributed by atoms with Gasteiger partial charge < -0.3 is 51.2 Å². The van der Waals surface area contributed by atoms with Crippen LogP contribution in [0.4, 0.5) is 4.79 Å². The molecule has 1 aliphatic rings. The minimum atomic E-state index is -1.51. The van der Waals surface area contributed by atoms with Crippen LogP contribution in [-0.4, -0.2) is 203 Å². The fourth-order valence-electron chi connectivity index (χ4n) is 6.81. The Hall–Kier alpha value is -6.50. The van der Waals surface area contributed by atoms with Crippen LogP contribution >= 0.6 is 0 Å². The Morgan fingerprint density at radius 3 is 1.88 bits per heavy atom. The average Bonchev–Trinajstić information content (AvgIpc) is 3.23. The summed E-state index contributed by atoms with van der Waals surface area (Å²) >= 11 is 0. The Kier molecular flexibility index (Phi) is 22.9. The maximum Gasteiger partial charge on any atom is 0.326 e. The Balaban J connectivity index is 1.71. The van der Waals surface area contributed by atoms with Crippen molar-refractivity contribution in [2.24, 2.45) is 0 Å². The summed E-state index contributed by atoms with van der Waals surface area (Å²) in [6, 6.07) is 5.46. The number of rotatable bonds is 26. The molecule has 1 saturated heterocycles. The molecular weight excluding hydrogens is 846 g/mol. The largest absolute Gasteiger partial charge is 0.481 e. The van der Waals surface area contributed by atoms with E-state index in [0.717, 1.165) is 10.9 Å². The number of urea groups is 1. The number of benzene rings is 1. The maximum absolute atomic E-state index is 13.8. The van der Waals surface area contributed by atoms with E-state index in [2.05, 4.69) is 26.3 Å². The van der Waals surface area contributed by atoms with Gasteiger partial charge in [-0.05, 0) is 37.0 Å². The van der Waals surface area contributed by atoms with Gasteiger partial charge in [-0.25, -0.2) is 9.59 Å². The van der Waals surface area contributed by atoms with Crippen molar-refractivity contribution in [3.8, 4) is 0 Å². The van der Waals surface area contributed by atoms with Gasteiger partial charge in [0.2, 0.25) is 11.8 Å². The van der Waals surface area contributed by atoms with Crippen molar-refractivity contribution in [3.05, 3.63) is 42.1 Å². The number of nitrogens with zero attached hydrogens (tertiary/aromatic N) is 5. The van der Waals surface area contributed by atoms with Crippen LogP contribution in [0.2, 0.25) is 0 Å². The van der Waals surface area contributed by atoms with Crippen LogP contribution in [0.25, 0.3) is 10.9 Å². The number of ether oxygens (including phenoxy) is 2. The first-order valence-corrected chi connectivity index (χ1v) is 20.6. The first-order valence-electron chi connectivity index (χ1n) is 20.6. The van der Waals surface area contributed by atoms with Gasteiger partial charge in [0, 0.05) is 89.7 Å². The minimum Gasteiger partial charge on any atom is -0.481 e. The number of carbonyl (C=O) groups is 9. The Morgan fingerprint density at radius 1 is 0.688 bits per heavy atom. The highest BCUT2D eigenvalue weighted by molar-refractivity contribution is 5.90. The van der Waals surface area contributed by atoms with Crippen LogP contribution in [0.15, 0.2) is 36.5 Å². The van der Waals surface area contributed by atoms with E-state index in [0.29, 0.717) is 37.9 Å². The molecule has 8 N–H and O–H groups in total. The number of pyridine rings is 1. The number of nitrogens with one attached hydrogen (secondary N) is 4. The highest BCUT2D eigenvalue weighted by Crippen LogP contribution is 2.18. The number of fused-ring (bicyclic) bond motifs is 1. The molecule has 0 aliphatic carbocycles. The van der Waals surface area contributed by atoms with E-state index in [9.17, 15) is 58.5 Å². The van der Waals surface area contributed by atoms with E-state index in [1.54, 1.807) is 31.9 Å². The van der Waals surface area contributed by atoms with Crippen LogP contribution in [0, 0.1) is 0 Å². The molecule has 2 aromatic rings. The van der Waals surface area contributed by atoms with Crippen molar-refractivity contribution in [2.45, 2.75) is 56.8 Å². The molecule has 1 aliphatic heterocycles. The summed E-state index contributed by atoms with van der Waals surface area (Å²) in [7, 11) is 0. The Bertz CT molecular complexity index is 1880. The third-order valence-electron chi connectivity index (χ3n) is 10.1. The first-order chi connectivity index (χ1) is 30.7. The molecule has 1 fully saturated rings. The predicted octanol–water partition coefficient (Wildman–Crippen LogP) is -1.81. The summed E-state index contributed by atoms with van der Waals surface area (Å²) in [6.07, 6.45) is 0.302. The number of aromatic nitrogens is 1. The van der Waals surface area contributed by atoms with E-state index < -0.39 is 66.5 Å². The summed E-state index contributed by atoms with van der Waals surface area (Å²) in [5.74, 6) is -5.85. The number of carboxylic acid groups (broad SMARTS) is 4. The summed E-state index contributed by atoms with van der Waals surface area (Å²) < 4.78 is 9.91. The molecule has 0 radical (unpaired) electrons. The Morgan fingerprint density at radius 2 is 1.30 bits per heavy atom. The molecule has 1 aromatic carbocycles. The van der Waals surface area contributed by atoms with E-state index in [1.807, 2.05) is 24.3 Å². The van der Waals surface area contributed by atoms with Crippen molar-refractivity contribution >= 4 is 65.6 Å². The summed E-state index contributed by atoms with van der Waals surface area (Å²) in [4.78, 5) is 119. The lowest BCUT2D eigenvalue weighted by molar-refractivity contribution is -0.141. The number of para-hydroxylation sites is 1. The lowest BCUT2D eigenvalue weighted by atomic mass is 10.0. The summed E-state index contributed by atoms with van der Waals surface area (Å²) in [5.41, 5.74) is 1.41. The molecule has 0 unspecified atom stereocenters. The molecule has 64 heavy (non-hydrogen) atoms. The SMILES string of the molecule is O=COCN1CCN(CC(=O)O)CCN(CC(=O)O)CCN(CC(=O)N[C@@H](Cc2ccnc3ccccc23)C(=O)NCCCC[C@H](NC(=O)N[C@@H](CCC(=O)O)C(=O)O)OC=O)CC1. The third kappa shape index (κ3) is 20.1. The number of carbonyl (C=O) groups excluding carboxylic acids is 5. The van der Waals surface area contributed by atoms with Crippen molar-refractivity contribution in [1.29, 1.82) is 0 Å². The first kappa shape index (κ1) is 51.8. The molecule has 24 heteroatoms. The third-order valence-corrected chi connectivity index (χ3v) is 10.1. The summed E-state index contributed by atoms with van der Waals surface area (Å²) in [5, 5.41) is 48.1. The van der Waals surface area contributed by atoms with Gasteiger partial charge in [-0.3, -0.25) is 58.1 Å². The van der Waals surface area contributed by atoms with Crippen LogP contribution in [0.1, 0.15) is 37.7 Å². The fourth-order valence-corrected chi connectivity index (χ4v) is 6.81. The second kappa shape index (κ2) is 28.2. The van der Waals surface area contributed by atoms with Gasteiger partial charge in [0.1, 0.15) is 18.8 Å². The topological polar surface area (TPSA) is 327 Å². The van der Waals surface area contributed by atoms with Crippen molar-refractivity contribution in [2.75, 3.05) is 85.3 Å². The van der Waals surface area contributed by atoms with Gasteiger partial charge in [0.05, 0.1) is 25.2 Å². The molecule has 2 heterocycles. The van der Waals surface area contributed by atoms with Crippen molar-refractivity contribution in [3.63, 3.8) is 0 Å². The molecule has 3 rings (SSSR count). The van der Waals surface area contributed by atoms with E-state index in [4.69, 9.17) is 14.6 Å².